The van der Waals surface area contributed by atoms with E-state index >= 15 is 0 Å². The lowest BCUT2D eigenvalue weighted by atomic mass is 10.1. The first-order chi connectivity index (χ1) is 7.05. The molecule has 15 heavy (non-hydrogen) atoms. The fraction of sp³-hybridized carbons (Fsp3) is 1.00. The molecule has 1 fully saturated rings. The van der Waals surface area contributed by atoms with Crippen molar-refractivity contribution < 1.29 is 30.3 Å². The molecular formula is C8H17NO6. The van der Waals surface area contributed by atoms with Gasteiger partial charge in [0.15, 0.2) is 0 Å². The van der Waals surface area contributed by atoms with Gasteiger partial charge >= 0.3 is 0 Å². The van der Waals surface area contributed by atoms with Gasteiger partial charge in [0.25, 0.3) is 0 Å². The Kier molecular flexibility index (Phi) is 4.41. The molecule has 0 aromatic carbocycles. The van der Waals surface area contributed by atoms with Gasteiger partial charge in [-0.05, 0) is 0 Å². The lowest BCUT2D eigenvalue weighted by molar-refractivity contribution is -0.245. The first-order valence-electron chi connectivity index (χ1n) is 4.74. The normalized spacial score (nSPS) is 41.0. The number of nitrogens with one attached hydrogen (secondary N) is 1. The predicted octanol–water partition coefficient (Wildman–Crippen LogP) is -3.63. The van der Waals surface area contributed by atoms with Gasteiger partial charge in [-0.25, -0.2) is 0 Å². The molecule has 1 aliphatic heterocycles. The molecule has 0 bridgehead atoms. The zero-order valence-electron chi connectivity index (χ0n) is 8.20. The molecule has 7 nitrogen and oxygen atoms in total. The second-order valence-corrected chi connectivity index (χ2v) is 3.52. The summed E-state index contributed by atoms with van der Waals surface area (Å²) in [6.45, 7) is -0.362. The lowest BCUT2D eigenvalue weighted by Crippen LogP contribution is -2.46. The molecule has 1 saturated heterocycles. The van der Waals surface area contributed by atoms with Crippen LogP contribution in [0, 0.1) is 0 Å². The third kappa shape index (κ3) is 2.64. The number of hydrogen-bond acceptors (Lipinski definition) is 7. The Hall–Kier alpha value is -0.280. The Labute approximate surface area is 86.9 Å². The van der Waals surface area contributed by atoms with Gasteiger partial charge in [-0.15, -0.1) is 0 Å². The third-order valence-electron chi connectivity index (χ3n) is 2.38. The van der Waals surface area contributed by atoms with E-state index in [2.05, 4.69) is 5.32 Å². The van der Waals surface area contributed by atoms with Crippen LogP contribution < -0.4 is 5.32 Å². The maximum Gasteiger partial charge on any atom is 0.219 e. The summed E-state index contributed by atoms with van der Waals surface area (Å²) in [6.07, 6.45) is -3.62. The highest BCUT2D eigenvalue weighted by Crippen LogP contribution is 2.28. The van der Waals surface area contributed by atoms with E-state index in [4.69, 9.17) is 14.9 Å². The molecule has 1 rings (SSSR count). The van der Waals surface area contributed by atoms with Gasteiger partial charge in [-0.3, -0.25) is 0 Å². The Morgan fingerprint density at radius 3 is 2.40 bits per heavy atom. The molecule has 0 amide bonds. The fourth-order valence-electron chi connectivity index (χ4n) is 1.49. The second-order valence-electron chi connectivity index (χ2n) is 3.52. The number of rotatable bonds is 5. The van der Waals surface area contributed by atoms with Crippen LogP contribution in [0.1, 0.15) is 0 Å². The van der Waals surface area contributed by atoms with Crippen molar-refractivity contribution in [3.63, 3.8) is 0 Å². The lowest BCUT2D eigenvalue weighted by Gasteiger charge is -2.22. The first-order valence-corrected chi connectivity index (χ1v) is 4.74. The summed E-state index contributed by atoms with van der Waals surface area (Å²) < 4.78 is 4.93. The first kappa shape index (κ1) is 12.8. The van der Waals surface area contributed by atoms with Crippen molar-refractivity contribution in [1.29, 1.82) is 0 Å². The van der Waals surface area contributed by atoms with E-state index in [0.29, 0.717) is 6.54 Å². The number of ether oxygens (including phenoxy) is 1. The zero-order chi connectivity index (χ0) is 11.5. The van der Waals surface area contributed by atoms with E-state index in [-0.39, 0.29) is 13.2 Å². The minimum absolute atomic E-state index is 0.0599. The molecule has 0 aromatic heterocycles. The molecule has 1 heterocycles. The number of aliphatic hydroxyl groups is 5. The number of aliphatic hydroxyl groups excluding tert-OH is 4. The van der Waals surface area contributed by atoms with Crippen LogP contribution in [0.2, 0.25) is 0 Å². The molecule has 0 unspecified atom stereocenters. The summed E-state index contributed by atoms with van der Waals surface area (Å²) in [5.41, 5.74) is 0. The summed E-state index contributed by atoms with van der Waals surface area (Å²) in [5.74, 6) is -2.11. The van der Waals surface area contributed by atoms with Gasteiger partial charge in [0.1, 0.15) is 18.3 Å². The Morgan fingerprint density at radius 2 is 1.93 bits per heavy atom. The molecule has 0 spiro atoms. The molecule has 90 valence electrons. The maximum atomic E-state index is 9.51. The van der Waals surface area contributed by atoms with E-state index in [1.807, 2.05) is 0 Å². The summed E-state index contributed by atoms with van der Waals surface area (Å²) in [7, 11) is 0. The van der Waals surface area contributed by atoms with Crippen LogP contribution in [-0.2, 0) is 4.74 Å². The summed E-state index contributed by atoms with van der Waals surface area (Å²) in [6, 6.07) is 0. The van der Waals surface area contributed by atoms with E-state index in [0.717, 1.165) is 0 Å². The van der Waals surface area contributed by atoms with Crippen molar-refractivity contribution in [2.24, 2.45) is 0 Å². The van der Waals surface area contributed by atoms with E-state index in [9.17, 15) is 15.3 Å². The van der Waals surface area contributed by atoms with Crippen molar-refractivity contribution >= 4 is 0 Å². The minimum atomic E-state index is -2.11. The summed E-state index contributed by atoms with van der Waals surface area (Å²) >= 11 is 0. The monoisotopic (exact) mass is 223 g/mol. The standard InChI is InChI=1S/C8H17NO6/c10-2-1-9-3-5-6(12)7(13)8(14,4-11)15-5/h5-7,9-14H,1-4H2/t5-,6+,7-,8+/m1/s1. The average Bonchev–Trinajstić information content (AvgIpc) is 2.45. The summed E-state index contributed by atoms with van der Waals surface area (Å²) in [5, 5.41) is 48.4. The number of hydrogen-bond donors (Lipinski definition) is 6. The van der Waals surface area contributed by atoms with E-state index in [1.165, 1.54) is 0 Å². The van der Waals surface area contributed by atoms with Crippen LogP contribution in [-0.4, -0.2) is 75.9 Å². The Bertz CT molecular complexity index is 204. The molecule has 4 atom stereocenters. The molecule has 7 heteroatoms. The highest BCUT2D eigenvalue weighted by Gasteiger charge is 2.52. The van der Waals surface area contributed by atoms with Gasteiger partial charge in [0.2, 0.25) is 5.79 Å². The van der Waals surface area contributed by atoms with Crippen molar-refractivity contribution in [3.05, 3.63) is 0 Å². The topological polar surface area (TPSA) is 122 Å². The van der Waals surface area contributed by atoms with Gasteiger partial charge in [-0.1, -0.05) is 0 Å². The van der Waals surface area contributed by atoms with Crippen LogP contribution >= 0.6 is 0 Å². The molecule has 6 N–H and O–H groups in total. The molecule has 0 radical (unpaired) electrons. The SMILES string of the molecule is OCCNC[C@H]1O[C@@](O)(CO)[C@H](O)[C@H]1O. The summed E-state index contributed by atoms with van der Waals surface area (Å²) in [4.78, 5) is 0. The highest BCUT2D eigenvalue weighted by atomic mass is 16.7. The minimum Gasteiger partial charge on any atom is -0.395 e. The van der Waals surface area contributed by atoms with Crippen LogP contribution in [0.4, 0.5) is 0 Å². The van der Waals surface area contributed by atoms with Gasteiger partial charge in [0, 0.05) is 13.1 Å². The van der Waals surface area contributed by atoms with Crippen LogP contribution in [0.25, 0.3) is 0 Å². The smallest absolute Gasteiger partial charge is 0.219 e. The van der Waals surface area contributed by atoms with Gasteiger partial charge in [0.05, 0.1) is 13.2 Å². The third-order valence-corrected chi connectivity index (χ3v) is 2.38. The molecule has 1 aliphatic rings. The average molecular weight is 223 g/mol. The molecular weight excluding hydrogens is 206 g/mol. The van der Waals surface area contributed by atoms with Crippen molar-refractivity contribution in [1.82, 2.24) is 5.32 Å². The predicted molar refractivity (Wildman–Crippen MR) is 48.9 cm³/mol. The van der Waals surface area contributed by atoms with Gasteiger partial charge in [-0.2, -0.15) is 0 Å². The van der Waals surface area contributed by atoms with E-state index < -0.39 is 30.7 Å². The molecule has 0 aromatic rings. The Morgan fingerprint density at radius 1 is 1.27 bits per heavy atom. The molecule has 0 saturated carbocycles. The molecule has 0 aliphatic carbocycles. The Balaban J connectivity index is 2.48. The second kappa shape index (κ2) is 5.17. The van der Waals surface area contributed by atoms with E-state index in [1.54, 1.807) is 0 Å². The van der Waals surface area contributed by atoms with Crippen LogP contribution in [0.3, 0.4) is 0 Å². The van der Waals surface area contributed by atoms with Crippen molar-refractivity contribution in [2.75, 3.05) is 26.3 Å². The van der Waals surface area contributed by atoms with Crippen molar-refractivity contribution in [2.45, 2.75) is 24.1 Å². The zero-order valence-corrected chi connectivity index (χ0v) is 8.20. The van der Waals surface area contributed by atoms with Crippen molar-refractivity contribution in [3.8, 4) is 0 Å². The highest BCUT2D eigenvalue weighted by molar-refractivity contribution is 4.95. The maximum absolute atomic E-state index is 9.51. The van der Waals surface area contributed by atoms with Crippen LogP contribution in [0.15, 0.2) is 0 Å². The fourth-order valence-corrected chi connectivity index (χ4v) is 1.49. The largest absolute Gasteiger partial charge is 0.395 e. The van der Waals surface area contributed by atoms with Gasteiger partial charge < -0.3 is 35.6 Å². The van der Waals surface area contributed by atoms with Crippen LogP contribution in [0.5, 0.6) is 0 Å². The quantitative estimate of drug-likeness (QED) is 0.266.